The quantitative estimate of drug-likeness (QED) is 0.614. The van der Waals surface area contributed by atoms with Crippen molar-refractivity contribution in [1.29, 1.82) is 0 Å². The van der Waals surface area contributed by atoms with E-state index in [2.05, 4.69) is 0 Å². The van der Waals surface area contributed by atoms with E-state index in [1.54, 1.807) is 6.92 Å². The van der Waals surface area contributed by atoms with Crippen LogP contribution in [0.4, 0.5) is 10.1 Å². The third-order valence-electron chi connectivity index (χ3n) is 3.26. The Bertz CT molecular complexity index is 549. The summed E-state index contributed by atoms with van der Waals surface area (Å²) < 4.78 is 19.2. The zero-order chi connectivity index (χ0) is 14.9. The molecule has 0 N–H and O–H groups in total. The Kier molecular flexibility index (Phi) is 3.99. The maximum Gasteiger partial charge on any atom is 0.270 e. The maximum atomic E-state index is 13.8. The van der Waals surface area contributed by atoms with Gasteiger partial charge in [-0.2, -0.15) is 0 Å². The molecule has 0 radical (unpaired) electrons. The number of benzene rings is 1. The molecule has 0 saturated carbocycles. The molecule has 2 rings (SSSR count). The minimum atomic E-state index is -0.757. The summed E-state index contributed by atoms with van der Waals surface area (Å²) in [6.45, 7) is 4.31. The summed E-state index contributed by atoms with van der Waals surface area (Å²) in [6, 6.07) is 2.76. The molecule has 0 aromatic heterocycles. The van der Waals surface area contributed by atoms with Gasteiger partial charge in [-0.05, 0) is 19.9 Å². The lowest BCUT2D eigenvalue weighted by Crippen LogP contribution is -2.50. The number of nitro benzene ring substituents is 1. The Morgan fingerprint density at radius 2 is 2.20 bits per heavy atom. The fourth-order valence-corrected chi connectivity index (χ4v) is 2.13. The van der Waals surface area contributed by atoms with Crippen LogP contribution < -0.4 is 0 Å². The molecule has 6 nitrogen and oxygen atoms in total. The SMILES string of the molecule is CC1CN(C(=O)c2cc([N+](=O)[O-])ccc2F)C(C)CO1. The third-order valence-corrected chi connectivity index (χ3v) is 3.26. The standard InChI is InChI=1S/C13H15FN2O4/c1-8-7-20-9(2)6-15(8)13(17)11-5-10(16(18)19)3-4-12(11)14/h3-5,8-9H,6-7H2,1-2H3. The molecule has 1 aliphatic rings. The van der Waals surface area contributed by atoms with Crippen LogP contribution in [0.2, 0.25) is 0 Å². The van der Waals surface area contributed by atoms with Crippen LogP contribution in [0.15, 0.2) is 18.2 Å². The second-order valence-electron chi connectivity index (χ2n) is 4.87. The first kappa shape index (κ1) is 14.4. The summed E-state index contributed by atoms with van der Waals surface area (Å²) in [5, 5.41) is 10.7. The van der Waals surface area contributed by atoms with Gasteiger partial charge in [0.05, 0.1) is 29.2 Å². The first-order valence-corrected chi connectivity index (χ1v) is 6.26. The van der Waals surface area contributed by atoms with Crippen molar-refractivity contribution in [2.24, 2.45) is 0 Å². The molecule has 1 aromatic rings. The van der Waals surface area contributed by atoms with Crippen LogP contribution in [0.5, 0.6) is 0 Å². The average molecular weight is 282 g/mol. The van der Waals surface area contributed by atoms with E-state index in [1.807, 2.05) is 6.92 Å². The van der Waals surface area contributed by atoms with Crippen LogP contribution in [-0.2, 0) is 4.74 Å². The number of nitro groups is 1. The summed E-state index contributed by atoms with van der Waals surface area (Å²) in [6.07, 6.45) is -0.142. The smallest absolute Gasteiger partial charge is 0.270 e. The average Bonchev–Trinajstić information content (AvgIpc) is 2.41. The van der Waals surface area contributed by atoms with Crippen molar-refractivity contribution >= 4 is 11.6 Å². The van der Waals surface area contributed by atoms with Gasteiger partial charge in [0.15, 0.2) is 0 Å². The Morgan fingerprint density at radius 1 is 1.50 bits per heavy atom. The summed E-state index contributed by atoms with van der Waals surface area (Å²) in [4.78, 5) is 23.9. The number of non-ortho nitro benzene ring substituents is 1. The number of nitrogens with zero attached hydrogens (tertiary/aromatic N) is 2. The molecule has 0 bridgehead atoms. The molecule has 7 heteroatoms. The van der Waals surface area contributed by atoms with Gasteiger partial charge in [0.25, 0.3) is 11.6 Å². The van der Waals surface area contributed by atoms with E-state index in [0.717, 1.165) is 18.2 Å². The first-order chi connectivity index (χ1) is 9.40. The number of ether oxygens (including phenoxy) is 1. The van der Waals surface area contributed by atoms with Crippen molar-refractivity contribution in [2.45, 2.75) is 26.0 Å². The topological polar surface area (TPSA) is 72.7 Å². The van der Waals surface area contributed by atoms with E-state index in [1.165, 1.54) is 4.90 Å². The number of morpholine rings is 1. The number of carbonyl (C=O) groups excluding carboxylic acids is 1. The summed E-state index contributed by atoms with van der Waals surface area (Å²) in [5.74, 6) is -1.30. The van der Waals surface area contributed by atoms with Crippen molar-refractivity contribution < 1.29 is 18.8 Å². The van der Waals surface area contributed by atoms with Crippen molar-refractivity contribution in [3.05, 3.63) is 39.7 Å². The molecule has 1 saturated heterocycles. The molecule has 108 valence electrons. The Morgan fingerprint density at radius 3 is 2.85 bits per heavy atom. The van der Waals surface area contributed by atoms with Gasteiger partial charge >= 0.3 is 0 Å². The predicted molar refractivity (Wildman–Crippen MR) is 69.0 cm³/mol. The number of halogens is 1. The monoisotopic (exact) mass is 282 g/mol. The van der Waals surface area contributed by atoms with Crippen LogP contribution in [0.25, 0.3) is 0 Å². The molecule has 1 heterocycles. The second kappa shape index (κ2) is 5.54. The van der Waals surface area contributed by atoms with Gasteiger partial charge in [0, 0.05) is 18.7 Å². The molecular weight excluding hydrogens is 267 g/mol. The third kappa shape index (κ3) is 2.77. The van der Waals surface area contributed by atoms with Crippen LogP contribution >= 0.6 is 0 Å². The van der Waals surface area contributed by atoms with Crippen molar-refractivity contribution in [3.8, 4) is 0 Å². The summed E-state index contributed by atoms with van der Waals surface area (Å²) >= 11 is 0. The highest BCUT2D eigenvalue weighted by atomic mass is 19.1. The van der Waals surface area contributed by atoms with E-state index in [4.69, 9.17) is 4.74 Å². The lowest BCUT2D eigenvalue weighted by Gasteiger charge is -2.36. The lowest BCUT2D eigenvalue weighted by atomic mass is 10.1. The highest BCUT2D eigenvalue weighted by Crippen LogP contribution is 2.21. The number of rotatable bonds is 2. The van der Waals surface area contributed by atoms with Crippen molar-refractivity contribution in [1.82, 2.24) is 4.90 Å². The lowest BCUT2D eigenvalue weighted by molar-refractivity contribution is -0.384. The zero-order valence-electron chi connectivity index (χ0n) is 11.2. The van der Waals surface area contributed by atoms with E-state index in [9.17, 15) is 19.3 Å². The van der Waals surface area contributed by atoms with Gasteiger partial charge in [0.2, 0.25) is 0 Å². The fourth-order valence-electron chi connectivity index (χ4n) is 2.13. The minimum Gasteiger partial charge on any atom is -0.375 e. The molecule has 1 amide bonds. The highest BCUT2D eigenvalue weighted by molar-refractivity contribution is 5.95. The van der Waals surface area contributed by atoms with E-state index >= 15 is 0 Å². The number of carbonyl (C=O) groups is 1. The van der Waals surface area contributed by atoms with Gasteiger partial charge in [-0.15, -0.1) is 0 Å². The molecular formula is C13H15FN2O4. The van der Waals surface area contributed by atoms with Gasteiger partial charge in [-0.3, -0.25) is 14.9 Å². The molecule has 2 unspecified atom stereocenters. The molecule has 1 aromatic carbocycles. The van der Waals surface area contributed by atoms with Crippen molar-refractivity contribution in [2.75, 3.05) is 13.2 Å². The maximum absolute atomic E-state index is 13.8. The van der Waals surface area contributed by atoms with E-state index < -0.39 is 16.6 Å². The molecule has 20 heavy (non-hydrogen) atoms. The number of amides is 1. The van der Waals surface area contributed by atoms with Gasteiger partial charge in [-0.1, -0.05) is 0 Å². The zero-order valence-corrected chi connectivity index (χ0v) is 11.2. The number of hydrogen-bond donors (Lipinski definition) is 0. The minimum absolute atomic E-state index is 0.142. The Balaban J connectivity index is 2.32. The Labute approximate surface area is 115 Å². The largest absolute Gasteiger partial charge is 0.375 e. The molecule has 0 aliphatic carbocycles. The van der Waals surface area contributed by atoms with E-state index in [-0.39, 0.29) is 23.4 Å². The molecule has 1 aliphatic heterocycles. The highest BCUT2D eigenvalue weighted by Gasteiger charge is 2.30. The predicted octanol–water partition coefficient (Wildman–Crippen LogP) is 1.98. The van der Waals surface area contributed by atoms with Crippen molar-refractivity contribution in [3.63, 3.8) is 0 Å². The number of hydrogen-bond acceptors (Lipinski definition) is 4. The molecule has 0 spiro atoms. The summed E-state index contributed by atoms with van der Waals surface area (Å²) in [7, 11) is 0. The fraction of sp³-hybridized carbons (Fsp3) is 0.462. The van der Waals surface area contributed by atoms with E-state index in [0.29, 0.717) is 13.2 Å². The molecule has 2 atom stereocenters. The summed E-state index contributed by atoms with van der Waals surface area (Å²) in [5.41, 5.74) is -0.580. The van der Waals surface area contributed by atoms with Gasteiger partial charge in [-0.25, -0.2) is 4.39 Å². The first-order valence-electron chi connectivity index (χ1n) is 6.26. The van der Waals surface area contributed by atoms with Gasteiger partial charge < -0.3 is 9.64 Å². The normalized spacial score (nSPS) is 22.6. The van der Waals surface area contributed by atoms with Gasteiger partial charge in [0.1, 0.15) is 5.82 Å². The second-order valence-corrected chi connectivity index (χ2v) is 4.87. The van der Waals surface area contributed by atoms with Crippen LogP contribution in [0.3, 0.4) is 0 Å². The molecule has 1 fully saturated rings. The Hall–Kier alpha value is -2.02. The van der Waals surface area contributed by atoms with Crippen LogP contribution in [0, 0.1) is 15.9 Å². The van der Waals surface area contributed by atoms with Crippen LogP contribution in [-0.4, -0.2) is 41.0 Å². The van der Waals surface area contributed by atoms with Crippen LogP contribution in [0.1, 0.15) is 24.2 Å².